The molecular formula is C23H36O2. The van der Waals surface area contributed by atoms with Crippen molar-refractivity contribution in [1.82, 2.24) is 0 Å². The monoisotopic (exact) mass is 344 g/mol. The van der Waals surface area contributed by atoms with Crippen molar-refractivity contribution in [2.75, 3.05) is 0 Å². The molecule has 2 nitrogen and oxygen atoms in total. The van der Waals surface area contributed by atoms with Gasteiger partial charge in [-0.2, -0.15) is 0 Å². The van der Waals surface area contributed by atoms with Crippen LogP contribution in [-0.4, -0.2) is 17.0 Å². The molecule has 0 heterocycles. The van der Waals surface area contributed by atoms with E-state index in [0.29, 0.717) is 17.1 Å². The lowest BCUT2D eigenvalue weighted by atomic mass is 9.45. The highest BCUT2D eigenvalue weighted by Crippen LogP contribution is 2.70. The predicted molar refractivity (Wildman–Crippen MR) is 101 cm³/mol. The lowest BCUT2D eigenvalue weighted by molar-refractivity contribution is -0.140. The number of carbonyl (C=O) groups excluding carboxylic acids is 1. The second kappa shape index (κ2) is 5.68. The van der Waals surface area contributed by atoms with Gasteiger partial charge in [0.1, 0.15) is 5.78 Å². The topological polar surface area (TPSA) is 37.3 Å². The fraction of sp³-hybridized carbons (Fsp3) is 0.870. The number of rotatable bonds is 2. The summed E-state index contributed by atoms with van der Waals surface area (Å²) in [6.07, 6.45) is 12.4. The van der Waals surface area contributed by atoms with Gasteiger partial charge in [0.25, 0.3) is 0 Å². The fourth-order valence-corrected chi connectivity index (χ4v) is 8.18. The van der Waals surface area contributed by atoms with Crippen molar-refractivity contribution >= 4 is 5.78 Å². The summed E-state index contributed by atoms with van der Waals surface area (Å²) in [5, 5.41) is 10.1. The van der Waals surface area contributed by atoms with Crippen LogP contribution >= 0.6 is 0 Å². The van der Waals surface area contributed by atoms with Gasteiger partial charge < -0.3 is 5.11 Å². The summed E-state index contributed by atoms with van der Waals surface area (Å²) < 4.78 is 0. The van der Waals surface area contributed by atoms with Crippen LogP contribution in [0.2, 0.25) is 0 Å². The van der Waals surface area contributed by atoms with Crippen molar-refractivity contribution in [3.63, 3.8) is 0 Å². The Kier molecular flexibility index (Phi) is 4.04. The lowest BCUT2D eigenvalue weighted by Crippen LogP contribution is -2.53. The van der Waals surface area contributed by atoms with Crippen LogP contribution in [0.3, 0.4) is 0 Å². The Morgan fingerprint density at radius 3 is 2.56 bits per heavy atom. The number of hydrogen-bond acceptors (Lipinski definition) is 2. The molecule has 25 heavy (non-hydrogen) atoms. The molecule has 140 valence electrons. The van der Waals surface area contributed by atoms with E-state index in [-0.39, 0.29) is 16.9 Å². The summed E-state index contributed by atoms with van der Waals surface area (Å²) in [6, 6.07) is 0. The van der Waals surface area contributed by atoms with Gasteiger partial charge >= 0.3 is 0 Å². The number of allylic oxidation sites excluding steroid dienone is 1. The van der Waals surface area contributed by atoms with Gasteiger partial charge in [-0.05, 0) is 93.3 Å². The Morgan fingerprint density at radius 2 is 1.88 bits per heavy atom. The van der Waals surface area contributed by atoms with Crippen molar-refractivity contribution in [2.24, 2.45) is 34.0 Å². The fourth-order valence-electron chi connectivity index (χ4n) is 8.18. The maximum absolute atomic E-state index is 12.7. The van der Waals surface area contributed by atoms with Gasteiger partial charge in [0.2, 0.25) is 0 Å². The summed E-state index contributed by atoms with van der Waals surface area (Å²) in [7, 11) is 0. The third-order valence-corrected chi connectivity index (χ3v) is 9.72. The molecule has 0 spiro atoms. The number of hydrogen-bond donors (Lipinski definition) is 1. The molecule has 7 unspecified atom stereocenters. The van der Waals surface area contributed by atoms with Gasteiger partial charge in [0.15, 0.2) is 0 Å². The van der Waals surface area contributed by atoms with Gasteiger partial charge in [-0.25, -0.2) is 0 Å². The number of ketones is 1. The van der Waals surface area contributed by atoms with E-state index < -0.39 is 0 Å². The van der Waals surface area contributed by atoms with Crippen molar-refractivity contribution in [1.29, 1.82) is 0 Å². The third kappa shape index (κ3) is 2.16. The molecule has 0 saturated heterocycles. The Labute approximate surface area is 153 Å². The highest BCUT2D eigenvalue weighted by molar-refractivity contribution is 5.83. The SMILES string of the molecule is CCC1(C(C)=O)CCC2C3CC=C4CC(O)CCC4(C)C3CCC21C. The Bertz CT molecular complexity index is 607. The number of Topliss-reactive ketones (excluding diaryl/α,β-unsaturated/α-hetero) is 1. The number of aliphatic hydroxyl groups is 1. The maximum Gasteiger partial charge on any atom is 0.136 e. The molecule has 4 aliphatic carbocycles. The normalized spacial score (nSPS) is 52.0. The van der Waals surface area contributed by atoms with E-state index in [9.17, 15) is 9.90 Å². The Hall–Kier alpha value is -0.630. The summed E-state index contributed by atoms with van der Waals surface area (Å²) in [4.78, 5) is 12.7. The molecular weight excluding hydrogens is 308 g/mol. The van der Waals surface area contributed by atoms with E-state index in [2.05, 4.69) is 26.8 Å². The zero-order valence-corrected chi connectivity index (χ0v) is 16.6. The smallest absolute Gasteiger partial charge is 0.136 e. The molecule has 3 fully saturated rings. The largest absolute Gasteiger partial charge is 0.393 e. The molecule has 4 rings (SSSR count). The number of fused-ring (bicyclic) bond motifs is 5. The van der Waals surface area contributed by atoms with E-state index in [1.54, 1.807) is 5.57 Å². The second-order valence-corrected chi connectivity index (χ2v) is 10.1. The molecule has 0 aromatic carbocycles. The molecule has 0 aromatic rings. The van der Waals surface area contributed by atoms with Gasteiger partial charge in [0.05, 0.1) is 6.10 Å². The maximum atomic E-state index is 12.7. The van der Waals surface area contributed by atoms with Crippen LogP contribution in [0.4, 0.5) is 0 Å². The molecule has 2 heteroatoms. The molecule has 0 bridgehead atoms. The minimum absolute atomic E-state index is 0.0731. The van der Waals surface area contributed by atoms with E-state index in [1.165, 1.54) is 25.7 Å². The molecule has 3 saturated carbocycles. The summed E-state index contributed by atoms with van der Waals surface area (Å²) >= 11 is 0. The first-order valence-corrected chi connectivity index (χ1v) is 10.7. The zero-order chi connectivity index (χ0) is 18.0. The summed E-state index contributed by atoms with van der Waals surface area (Å²) in [5.74, 6) is 2.65. The average molecular weight is 345 g/mol. The van der Waals surface area contributed by atoms with E-state index in [0.717, 1.165) is 43.9 Å². The van der Waals surface area contributed by atoms with Crippen LogP contribution in [0.5, 0.6) is 0 Å². The third-order valence-electron chi connectivity index (χ3n) is 9.72. The molecule has 4 aliphatic rings. The van der Waals surface area contributed by atoms with Gasteiger partial charge in [-0.3, -0.25) is 4.79 Å². The van der Waals surface area contributed by atoms with Gasteiger partial charge in [0, 0.05) is 5.41 Å². The molecule has 7 atom stereocenters. The first kappa shape index (κ1) is 17.8. The van der Waals surface area contributed by atoms with Gasteiger partial charge in [-0.15, -0.1) is 0 Å². The molecule has 0 aliphatic heterocycles. The average Bonchev–Trinajstić information content (AvgIpc) is 2.89. The van der Waals surface area contributed by atoms with E-state index in [1.807, 2.05) is 6.92 Å². The van der Waals surface area contributed by atoms with Crippen LogP contribution in [0.1, 0.15) is 85.5 Å². The standard InChI is InChI=1S/C23H36O2/c1-5-23(15(2)24)13-10-20-18-7-6-16-14-17(25)8-11-21(16,3)19(18)9-12-22(20,23)4/h6,17-20,25H,5,7-14H2,1-4H3. The minimum atomic E-state index is -0.123. The number of aliphatic hydroxyl groups excluding tert-OH is 1. The van der Waals surface area contributed by atoms with Crippen molar-refractivity contribution in [3.05, 3.63) is 11.6 Å². The summed E-state index contributed by atoms with van der Waals surface area (Å²) in [5.41, 5.74) is 1.97. The molecule has 0 radical (unpaired) electrons. The quantitative estimate of drug-likeness (QED) is 0.691. The predicted octanol–water partition coefficient (Wildman–Crippen LogP) is 5.30. The van der Waals surface area contributed by atoms with Crippen LogP contribution in [-0.2, 0) is 4.79 Å². The Morgan fingerprint density at radius 1 is 1.16 bits per heavy atom. The van der Waals surface area contributed by atoms with Crippen molar-refractivity contribution in [2.45, 2.75) is 91.6 Å². The minimum Gasteiger partial charge on any atom is -0.393 e. The molecule has 0 amide bonds. The lowest BCUT2D eigenvalue weighted by Gasteiger charge is -2.59. The van der Waals surface area contributed by atoms with Crippen molar-refractivity contribution < 1.29 is 9.90 Å². The Balaban J connectivity index is 1.70. The van der Waals surface area contributed by atoms with Crippen LogP contribution < -0.4 is 0 Å². The zero-order valence-electron chi connectivity index (χ0n) is 16.6. The van der Waals surface area contributed by atoms with Crippen LogP contribution in [0.25, 0.3) is 0 Å². The first-order valence-electron chi connectivity index (χ1n) is 10.7. The van der Waals surface area contributed by atoms with E-state index in [4.69, 9.17) is 0 Å². The second-order valence-electron chi connectivity index (χ2n) is 10.1. The van der Waals surface area contributed by atoms with E-state index >= 15 is 0 Å². The van der Waals surface area contributed by atoms with Crippen LogP contribution in [0, 0.1) is 34.0 Å². The number of carbonyl (C=O) groups is 1. The molecule has 1 N–H and O–H groups in total. The van der Waals surface area contributed by atoms with Crippen molar-refractivity contribution in [3.8, 4) is 0 Å². The highest BCUT2D eigenvalue weighted by Gasteiger charge is 2.64. The summed E-state index contributed by atoms with van der Waals surface area (Å²) in [6.45, 7) is 9.03. The highest BCUT2D eigenvalue weighted by atomic mass is 16.3. The first-order chi connectivity index (χ1) is 11.8. The molecule has 0 aromatic heterocycles. The van der Waals surface area contributed by atoms with Gasteiger partial charge in [-0.1, -0.05) is 32.4 Å². The van der Waals surface area contributed by atoms with Crippen LogP contribution in [0.15, 0.2) is 11.6 Å².